The highest BCUT2D eigenvalue weighted by Gasteiger charge is 2.37. The minimum atomic E-state index is -2.87. The summed E-state index contributed by atoms with van der Waals surface area (Å²) in [6.07, 6.45) is 2.02. The minimum absolute atomic E-state index is 0.118. The molecule has 0 bridgehead atoms. The fraction of sp³-hybridized carbons (Fsp3) is 0.467. The average Bonchev–Trinajstić information content (AvgIpc) is 3.11. The first-order chi connectivity index (χ1) is 10.6. The van der Waals surface area contributed by atoms with Crippen LogP contribution in [0.25, 0.3) is 0 Å². The summed E-state index contributed by atoms with van der Waals surface area (Å²) >= 11 is 0. The Morgan fingerprint density at radius 2 is 2.18 bits per heavy atom. The molecular formula is C15H16F2N2O3. The van der Waals surface area contributed by atoms with Gasteiger partial charge in [0.25, 0.3) is 5.89 Å². The molecule has 0 amide bonds. The lowest BCUT2D eigenvalue weighted by Gasteiger charge is -2.16. The summed E-state index contributed by atoms with van der Waals surface area (Å²) in [4.78, 5) is 4.33. The zero-order valence-corrected chi connectivity index (χ0v) is 12.1. The Kier molecular flexibility index (Phi) is 4.06. The van der Waals surface area contributed by atoms with Crippen LogP contribution in [0.2, 0.25) is 0 Å². The number of hydrogen-bond donors (Lipinski definition) is 0. The lowest BCUT2D eigenvalue weighted by Crippen LogP contribution is -2.20. The summed E-state index contributed by atoms with van der Waals surface area (Å²) in [7, 11) is 0. The van der Waals surface area contributed by atoms with E-state index in [0.717, 1.165) is 12.8 Å². The van der Waals surface area contributed by atoms with E-state index < -0.39 is 12.2 Å². The fourth-order valence-electron chi connectivity index (χ4n) is 2.52. The Bertz CT molecular complexity index is 639. The van der Waals surface area contributed by atoms with E-state index in [9.17, 15) is 8.78 Å². The van der Waals surface area contributed by atoms with E-state index >= 15 is 0 Å². The van der Waals surface area contributed by atoms with Crippen LogP contribution in [0, 0.1) is 0 Å². The van der Waals surface area contributed by atoms with Gasteiger partial charge >= 0.3 is 6.61 Å². The molecule has 5 nitrogen and oxygen atoms in total. The van der Waals surface area contributed by atoms with E-state index in [-0.39, 0.29) is 12.2 Å². The molecule has 3 rings (SSSR count). The zero-order chi connectivity index (χ0) is 15.6. The molecule has 0 N–H and O–H groups in total. The number of rotatable bonds is 5. The van der Waals surface area contributed by atoms with Gasteiger partial charge in [0, 0.05) is 18.6 Å². The van der Waals surface area contributed by atoms with Gasteiger partial charge in [-0.05, 0) is 25.8 Å². The molecule has 0 radical (unpaired) electrons. The number of hydrogen-bond acceptors (Lipinski definition) is 5. The quantitative estimate of drug-likeness (QED) is 0.848. The molecule has 7 heteroatoms. The van der Waals surface area contributed by atoms with E-state index in [1.165, 1.54) is 6.07 Å². The summed E-state index contributed by atoms with van der Waals surface area (Å²) < 4.78 is 40.2. The van der Waals surface area contributed by atoms with Crippen LogP contribution in [0.4, 0.5) is 8.78 Å². The highest BCUT2D eigenvalue weighted by molar-refractivity contribution is 5.35. The summed E-state index contributed by atoms with van der Waals surface area (Å²) in [5.74, 6) is 0.955. The summed E-state index contributed by atoms with van der Waals surface area (Å²) in [6, 6.07) is 6.57. The molecule has 0 saturated carbocycles. The molecule has 1 atom stereocenters. The number of nitrogens with zero attached hydrogens (tertiary/aromatic N) is 2. The molecule has 1 saturated heterocycles. The van der Waals surface area contributed by atoms with Gasteiger partial charge in [-0.1, -0.05) is 23.4 Å². The monoisotopic (exact) mass is 310 g/mol. The Balaban J connectivity index is 1.78. The largest absolute Gasteiger partial charge is 0.435 e. The average molecular weight is 310 g/mol. The number of ether oxygens (including phenoxy) is 2. The Hall–Kier alpha value is -2.02. The van der Waals surface area contributed by atoms with E-state index in [0.29, 0.717) is 23.9 Å². The Labute approximate surface area is 126 Å². The Morgan fingerprint density at radius 1 is 1.36 bits per heavy atom. The van der Waals surface area contributed by atoms with E-state index in [1.54, 1.807) is 18.2 Å². The maximum absolute atomic E-state index is 12.4. The number of benzene rings is 1. The van der Waals surface area contributed by atoms with Crippen molar-refractivity contribution in [1.29, 1.82) is 0 Å². The third-order valence-electron chi connectivity index (χ3n) is 3.68. The molecule has 0 aliphatic carbocycles. The van der Waals surface area contributed by atoms with Gasteiger partial charge in [-0.25, -0.2) is 0 Å². The van der Waals surface area contributed by atoms with Crippen molar-refractivity contribution in [3.05, 3.63) is 41.5 Å². The van der Waals surface area contributed by atoms with Gasteiger partial charge in [-0.3, -0.25) is 0 Å². The van der Waals surface area contributed by atoms with Crippen molar-refractivity contribution >= 4 is 0 Å². The first-order valence-corrected chi connectivity index (χ1v) is 7.06. The fourth-order valence-corrected chi connectivity index (χ4v) is 2.52. The van der Waals surface area contributed by atoms with Gasteiger partial charge in [-0.15, -0.1) is 0 Å². The summed E-state index contributed by atoms with van der Waals surface area (Å²) in [5, 5.41) is 3.91. The van der Waals surface area contributed by atoms with E-state index in [2.05, 4.69) is 14.9 Å². The number of aromatic nitrogens is 2. The number of para-hydroxylation sites is 1. The molecule has 1 aliphatic rings. The van der Waals surface area contributed by atoms with Crippen LogP contribution in [0.15, 0.2) is 28.8 Å². The van der Waals surface area contributed by atoms with Crippen molar-refractivity contribution < 1.29 is 22.8 Å². The normalized spacial score (nSPS) is 21.5. The molecule has 22 heavy (non-hydrogen) atoms. The maximum Gasteiger partial charge on any atom is 0.387 e. The maximum atomic E-state index is 12.4. The topological polar surface area (TPSA) is 57.4 Å². The summed E-state index contributed by atoms with van der Waals surface area (Å²) in [6.45, 7) is -0.294. The zero-order valence-electron chi connectivity index (χ0n) is 12.1. The van der Waals surface area contributed by atoms with Crippen LogP contribution in [0.5, 0.6) is 5.75 Å². The van der Waals surface area contributed by atoms with Crippen molar-refractivity contribution in [2.45, 2.75) is 38.4 Å². The standard InChI is InChI=1S/C15H16F2N2O3/c1-15(7-4-8-20-15)13-18-12(19-22-13)9-10-5-2-3-6-11(10)21-14(16)17/h2-3,5-6,14H,4,7-9H2,1H3/t15-/m1/s1. The van der Waals surface area contributed by atoms with Gasteiger partial charge in [0.15, 0.2) is 5.82 Å². The summed E-state index contributed by atoms with van der Waals surface area (Å²) in [5.41, 5.74) is 0.0252. The van der Waals surface area contributed by atoms with E-state index in [1.807, 2.05) is 6.92 Å². The molecule has 1 aliphatic heterocycles. The lowest BCUT2D eigenvalue weighted by molar-refractivity contribution is -0.0504. The molecule has 1 aromatic carbocycles. The van der Waals surface area contributed by atoms with E-state index in [4.69, 9.17) is 9.26 Å². The minimum Gasteiger partial charge on any atom is -0.435 e. The van der Waals surface area contributed by atoms with Crippen LogP contribution in [0.3, 0.4) is 0 Å². The highest BCUT2D eigenvalue weighted by atomic mass is 19.3. The van der Waals surface area contributed by atoms with Crippen LogP contribution in [0.1, 0.15) is 37.0 Å². The van der Waals surface area contributed by atoms with Gasteiger partial charge < -0.3 is 14.0 Å². The predicted octanol–water partition coefficient (Wildman–Crippen LogP) is 3.29. The first kappa shape index (κ1) is 14.9. The van der Waals surface area contributed by atoms with Crippen LogP contribution in [-0.2, 0) is 16.8 Å². The molecule has 2 heterocycles. The van der Waals surface area contributed by atoms with Gasteiger partial charge in [-0.2, -0.15) is 13.8 Å². The van der Waals surface area contributed by atoms with Crippen molar-refractivity contribution in [3.8, 4) is 5.75 Å². The molecule has 118 valence electrons. The molecular weight excluding hydrogens is 294 g/mol. The molecule has 1 aromatic heterocycles. The number of alkyl halides is 2. The number of halogens is 2. The van der Waals surface area contributed by atoms with Crippen LogP contribution in [-0.4, -0.2) is 23.4 Å². The van der Waals surface area contributed by atoms with Crippen LogP contribution >= 0.6 is 0 Å². The van der Waals surface area contributed by atoms with Crippen molar-refractivity contribution in [2.24, 2.45) is 0 Å². The molecule has 0 unspecified atom stereocenters. The molecule has 2 aromatic rings. The highest BCUT2D eigenvalue weighted by Crippen LogP contribution is 2.34. The van der Waals surface area contributed by atoms with Gasteiger partial charge in [0.2, 0.25) is 0 Å². The SMILES string of the molecule is C[C@]1(c2nc(Cc3ccccc3OC(F)F)no2)CCCO1. The second-order valence-electron chi connectivity index (χ2n) is 5.36. The van der Waals surface area contributed by atoms with Crippen molar-refractivity contribution in [2.75, 3.05) is 6.61 Å². The molecule has 0 spiro atoms. The Morgan fingerprint density at radius 3 is 2.91 bits per heavy atom. The van der Waals surface area contributed by atoms with Gasteiger partial charge in [0.05, 0.1) is 0 Å². The van der Waals surface area contributed by atoms with Crippen LogP contribution < -0.4 is 4.74 Å². The third-order valence-corrected chi connectivity index (χ3v) is 3.68. The smallest absolute Gasteiger partial charge is 0.387 e. The molecule has 1 fully saturated rings. The third kappa shape index (κ3) is 3.09. The van der Waals surface area contributed by atoms with Gasteiger partial charge in [0.1, 0.15) is 11.4 Å². The second kappa shape index (κ2) is 6.00. The van der Waals surface area contributed by atoms with Crippen molar-refractivity contribution in [1.82, 2.24) is 10.1 Å². The lowest BCUT2D eigenvalue weighted by atomic mass is 10.0. The van der Waals surface area contributed by atoms with Crippen molar-refractivity contribution in [3.63, 3.8) is 0 Å². The predicted molar refractivity (Wildman–Crippen MR) is 72.7 cm³/mol. The first-order valence-electron chi connectivity index (χ1n) is 7.06. The second-order valence-corrected chi connectivity index (χ2v) is 5.36.